The third kappa shape index (κ3) is 3.08. The zero-order valence-corrected chi connectivity index (χ0v) is 13.9. The van der Waals surface area contributed by atoms with E-state index in [9.17, 15) is 4.79 Å². The van der Waals surface area contributed by atoms with Crippen molar-refractivity contribution in [1.29, 1.82) is 0 Å². The van der Waals surface area contributed by atoms with Gasteiger partial charge in [0.05, 0.1) is 12.6 Å². The van der Waals surface area contributed by atoms with Gasteiger partial charge in [-0.05, 0) is 31.0 Å². The quantitative estimate of drug-likeness (QED) is 0.742. The van der Waals surface area contributed by atoms with Crippen LogP contribution in [0, 0.1) is 0 Å². The number of carbonyl (C=O) groups excluding carboxylic acids is 1. The Morgan fingerprint density at radius 3 is 3.20 bits per heavy atom. The number of ether oxygens (including phenoxy) is 2. The van der Waals surface area contributed by atoms with Crippen molar-refractivity contribution < 1.29 is 14.3 Å². The zero-order chi connectivity index (χ0) is 17.2. The first-order valence-corrected chi connectivity index (χ1v) is 8.20. The van der Waals surface area contributed by atoms with Gasteiger partial charge in [-0.2, -0.15) is 4.98 Å². The summed E-state index contributed by atoms with van der Waals surface area (Å²) in [6, 6.07) is 7.68. The molecule has 4 rings (SSSR count). The number of nitrogens with zero attached hydrogens (tertiary/aromatic N) is 3. The van der Waals surface area contributed by atoms with E-state index in [1.165, 1.54) is 0 Å². The second-order valence-corrected chi connectivity index (χ2v) is 5.93. The lowest BCUT2D eigenvalue weighted by atomic mass is 10.2. The standard InChI is InChI=1S/C17H19N5O3/c1-24-13-5-2-4-12-11(13)7-8-22(12)10-15(23)18-17-19-16(20-21-17)14-6-3-9-25-14/h2,4-5,7-8,14H,3,6,9-10H2,1H3,(H2,18,19,20,21,23). The maximum Gasteiger partial charge on any atom is 0.248 e. The number of benzene rings is 1. The maximum atomic E-state index is 12.3. The number of nitrogens with one attached hydrogen (secondary N) is 2. The number of aromatic nitrogens is 4. The number of H-pyrrole nitrogens is 1. The van der Waals surface area contributed by atoms with Crippen molar-refractivity contribution in [2.45, 2.75) is 25.5 Å². The molecule has 0 bridgehead atoms. The van der Waals surface area contributed by atoms with E-state index in [-0.39, 0.29) is 24.5 Å². The summed E-state index contributed by atoms with van der Waals surface area (Å²) in [7, 11) is 1.63. The number of fused-ring (bicyclic) bond motifs is 1. The van der Waals surface area contributed by atoms with Gasteiger partial charge in [-0.3, -0.25) is 15.2 Å². The van der Waals surface area contributed by atoms with E-state index in [1.54, 1.807) is 7.11 Å². The van der Waals surface area contributed by atoms with Gasteiger partial charge in [0, 0.05) is 18.2 Å². The van der Waals surface area contributed by atoms with Gasteiger partial charge in [-0.1, -0.05) is 6.07 Å². The molecular weight excluding hydrogens is 322 g/mol. The van der Waals surface area contributed by atoms with E-state index in [0.29, 0.717) is 5.82 Å². The summed E-state index contributed by atoms with van der Waals surface area (Å²) in [5, 5.41) is 10.6. The van der Waals surface area contributed by atoms with Crippen molar-refractivity contribution in [1.82, 2.24) is 19.7 Å². The Kier molecular flexibility index (Phi) is 4.10. The molecule has 1 fully saturated rings. The molecule has 0 saturated carbocycles. The molecule has 1 aliphatic heterocycles. The third-order valence-electron chi connectivity index (χ3n) is 4.30. The van der Waals surface area contributed by atoms with E-state index in [2.05, 4.69) is 20.5 Å². The van der Waals surface area contributed by atoms with Crippen LogP contribution in [0.1, 0.15) is 24.8 Å². The van der Waals surface area contributed by atoms with E-state index in [4.69, 9.17) is 9.47 Å². The van der Waals surface area contributed by atoms with Gasteiger partial charge >= 0.3 is 0 Å². The highest BCUT2D eigenvalue weighted by atomic mass is 16.5. The van der Waals surface area contributed by atoms with Crippen molar-refractivity contribution >= 4 is 22.8 Å². The number of carbonyl (C=O) groups is 1. The smallest absolute Gasteiger partial charge is 0.248 e. The number of anilines is 1. The molecule has 8 nitrogen and oxygen atoms in total. The summed E-state index contributed by atoms with van der Waals surface area (Å²) < 4.78 is 12.8. The van der Waals surface area contributed by atoms with Gasteiger partial charge in [0.25, 0.3) is 0 Å². The van der Waals surface area contributed by atoms with Crippen LogP contribution in [0.15, 0.2) is 30.5 Å². The Bertz CT molecular complexity index is 895. The molecule has 3 aromatic rings. The van der Waals surface area contributed by atoms with Crippen LogP contribution < -0.4 is 10.1 Å². The van der Waals surface area contributed by atoms with Crippen LogP contribution in [0.4, 0.5) is 5.95 Å². The molecule has 0 aliphatic carbocycles. The minimum atomic E-state index is -0.196. The van der Waals surface area contributed by atoms with Gasteiger partial charge in [0.2, 0.25) is 11.9 Å². The monoisotopic (exact) mass is 341 g/mol. The predicted molar refractivity (Wildman–Crippen MR) is 91.4 cm³/mol. The molecule has 1 unspecified atom stereocenters. The number of hydrogen-bond acceptors (Lipinski definition) is 5. The molecule has 1 saturated heterocycles. The molecule has 2 aromatic heterocycles. The number of rotatable bonds is 5. The molecule has 0 radical (unpaired) electrons. The van der Waals surface area contributed by atoms with E-state index >= 15 is 0 Å². The average Bonchev–Trinajstić information content (AvgIpc) is 3.35. The summed E-state index contributed by atoms with van der Waals surface area (Å²) in [6.07, 6.45) is 3.73. The highest BCUT2D eigenvalue weighted by Gasteiger charge is 2.21. The molecule has 8 heteroatoms. The summed E-state index contributed by atoms with van der Waals surface area (Å²) in [5.41, 5.74) is 0.935. The summed E-state index contributed by atoms with van der Waals surface area (Å²) in [6.45, 7) is 0.900. The van der Waals surface area contributed by atoms with Crippen LogP contribution in [0.25, 0.3) is 10.9 Å². The molecular formula is C17H19N5O3. The highest BCUT2D eigenvalue weighted by molar-refractivity contribution is 5.91. The highest BCUT2D eigenvalue weighted by Crippen LogP contribution is 2.27. The second kappa shape index (κ2) is 6.56. The molecule has 1 aromatic carbocycles. The first kappa shape index (κ1) is 15.6. The fraction of sp³-hybridized carbons (Fsp3) is 0.353. The average molecular weight is 341 g/mol. The Labute approximate surface area is 144 Å². The van der Waals surface area contributed by atoms with Gasteiger partial charge < -0.3 is 14.0 Å². The van der Waals surface area contributed by atoms with Crippen LogP contribution in [0.3, 0.4) is 0 Å². The number of hydrogen-bond donors (Lipinski definition) is 2. The SMILES string of the molecule is COc1cccc2c1ccn2CC(=O)Nc1n[nH]c(C2CCCO2)n1. The van der Waals surface area contributed by atoms with E-state index < -0.39 is 0 Å². The summed E-state index contributed by atoms with van der Waals surface area (Å²) >= 11 is 0. The first-order valence-electron chi connectivity index (χ1n) is 8.20. The van der Waals surface area contributed by atoms with Crippen LogP contribution in [0.5, 0.6) is 5.75 Å². The normalized spacial score (nSPS) is 17.1. The van der Waals surface area contributed by atoms with E-state index in [1.807, 2.05) is 35.0 Å². The summed E-state index contributed by atoms with van der Waals surface area (Å²) in [5.74, 6) is 1.51. The molecule has 0 spiro atoms. The topological polar surface area (TPSA) is 94.1 Å². The van der Waals surface area contributed by atoms with Crippen molar-refractivity contribution in [2.75, 3.05) is 19.0 Å². The number of amides is 1. The molecule has 1 aliphatic rings. The molecule has 130 valence electrons. The Morgan fingerprint density at radius 1 is 1.48 bits per heavy atom. The predicted octanol–water partition coefficient (Wildman–Crippen LogP) is 2.26. The first-order chi connectivity index (χ1) is 12.2. The second-order valence-electron chi connectivity index (χ2n) is 5.93. The van der Waals surface area contributed by atoms with Gasteiger partial charge in [0.1, 0.15) is 18.4 Å². The molecule has 1 amide bonds. The van der Waals surface area contributed by atoms with Crippen LogP contribution in [0.2, 0.25) is 0 Å². The van der Waals surface area contributed by atoms with Crippen LogP contribution in [-0.2, 0) is 16.1 Å². The Hall–Kier alpha value is -2.87. The Balaban J connectivity index is 1.46. The molecule has 2 N–H and O–H groups in total. The summed E-state index contributed by atoms with van der Waals surface area (Å²) in [4.78, 5) is 16.6. The number of methoxy groups -OCH3 is 1. The van der Waals surface area contributed by atoms with Crippen LogP contribution >= 0.6 is 0 Å². The molecule has 3 heterocycles. The fourth-order valence-electron chi connectivity index (χ4n) is 3.10. The zero-order valence-electron chi connectivity index (χ0n) is 13.9. The van der Waals surface area contributed by atoms with Crippen molar-refractivity contribution in [3.8, 4) is 5.75 Å². The van der Waals surface area contributed by atoms with Gasteiger partial charge in [-0.15, -0.1) is 5.10 Å². The fourth-order valence-corrected chi connectivity index (χ4v) is 3.10. The largest absolute Gasteiger partial charge is 0.496 e. The molecule has 1 atom stereocenters. The Morgan fingerprint density at radius 2 is 2.40 bits per heavy atom. The van der Waals surface area contributed by atoms with Gasteiger partial charge in [-0.25, -0.2) is 0 Å². The molecule has 25 heavy (non-hydrogen) atoms. The van der Waals surface area contributed by atoms with Crippen molar-refractivity contribution in [3.05, 3.63) is 36.3 Å². The maximum absolute atomic E-state index is 12.3. The van der Waals surface area contributed by atoms with Crippen LogP contribution in [-0.4, -0.2) is 39.4 Å². The lowest BCUT2D eigenvalue weighted by molar-refractivity contribution is -0.116. The lowest BCUT2D eigenvalue weighted by Crippen LogP contribution is -2.19. The lowest BCUT2D eigenvalue weighted by Gasteiger charge is -2.06. The van der Waals surface area contributed by atoms with Crippen molar-refractivity contribution in [2.24, 2.45) is 0 Å². The minimum absolute atomic E-state index is 0.0565. The van der Waals surface area contributed by atoms with Crippen molar-refractivity contribution in [3.63, 3.8) is 0 Å². The minimum Gasteiger partial charge on any atom is -0.496 e. The van der Waals surface area contributed by atoms with E-state index in [0.717, 1.165) is 36.1 Å². The number of aromatic amines is 1. The third-order valence-corrected chi connectivity index (χ3v) is 4.30. The van der Waals surface area contributed by atoms with Gasteiger partial charge in [0.15, 0.2) is 5.82 Å².